The van der Waals surface area contributed by atoms with E-state index in [1.165, 1.54) is 83.5 Å². The average molecular weight is 1370 g/mol. The molecule has 0 amide bonds. The third-order valence-electron chi connectivity index (χ3n) is 15.4. The Hall–Kier alpha value is -3.76. The van der Waals surface area contributed by atoms with Crippen molar-refractivity contribution in [2.24, 2.45) is 0 Å². The highest BCUT2D eigenvalue weighted by Gasteiger charge is 2.30. The minimum absolute atomic E-state index is 0.0706. The SMILES string of the molecule is CC/C=C\C/C=C\C/C=C\C/C=C\CCCCCCC(=O)OCC(COP(=O)(O)OCC(O)COP(=O)(O)OCC(COC(=O)CCCCCCCCCCCCC)OC(=O)CCCCCCCCCCCCC)OC(=O)CCCCCCC/C=C\C/C=C\C/C=C\CC. The summed E-state index contributed by atoms with van der Waals surface area (Å²) < 4.78 is 68.3. The Morgan fingerprint density at radius 3 is 0.851 bits per heavy atom. The monoisotopic (exact) mass is 1370 g/mol. The first-order valence-corrected chi connectivity index (χ1v) is 39.8. The van der Waals surface area contributed by atoms with Crippen LogP contribution >= 0.6 is 15.6 Å². The van der Waals surface area contributed by atoms with Gasteiger partial charge in [0, 0.05) is 25.7 Å². The highest BCUT2D eigenvalue weighted by atomic mass is 31.2. The molecule has 0 radical (unpaired) electrons. The van der Waals surface area contributed by atoms with E-state index in [1.54, 1.807) is 0 Å². The summed E-state index contributed by atoms with van der Waals surface area (Å²) in [5.41, 5.74) is 0. The first kappa shape index (κ1) is 90.2. The number of aliphatic hydroxyl groups is 1. The molecule has 0 bridgehead atoms. The van der Waals surface area contributed by atoms with Gasteiger partial charge in [0.1, 0.15) is 19.3 Å². The maximum atomic E-state index is 13.0. The van der Waals surface area contributed by atoms with Crippen LogP contribution in [0.4, 0.5) is 0 Å². The summed E-state index contributed by atoms with van der Waals surface area (Å²) in [5.74, 6) is -2.20. The van der Waals surface area contributed by atoms with Crippen molar-refractivity contribution in [1.82, 2.24) is 0 Å². The van der Waals surface area contributed by atoms with Crippen LogP contribution in [0.15, 0.2) is 85.1 Å². The van der Waals surface area contributed by atoms with Crippen molar-refractivity contribution < 1.29 is 80.2 Å². The molecular formula is C75H132O17P2. The van der Waals surface area contributed by atoms with Gasteiger partial charge in [-0.15, -0.1) is 0 Å². The molecule has 0 heterocycles. The Balaban J connectivity index is 5.34. The molecule has 0 aromatic rings. The van der Waals surface area contributed by atoms with E-state index in [0.29, 0.717) is 25.7 Å². The summed E-state index contributed by atoms with van der Waals surface area (Å²) >= 11 is 0. The van der Waals surface area contributed by atoms with E-state index >= 15 is 0 Å². The number of esters is 4. The number of aliphatic hydroxyl groups excluding tert-OH is 1. The topological polar surface area (TPSA) is 237 Å². The molecule has 0 rings (SSSR count). The van der Waals surface area contributed by atoms with Gasteiger partial charge in [0.2, 0.25) is 0 Å². The lowest BCUT2D eigenvalue weighted by atomic mass is 10.1. The van der Waals surface area contributed by atoms with Gasteiger partial charge in [-0.3, -0.25) is 37.3 Å². The number of carbonyl (C=O) groups excluding carboxylic acids is 4. The van der Waals surface area contributed by atoms with Gasteiger partial charge in [-0.2, -0.15) is 0 Å². The molecule has 5 atom stereocenters. The number of allylic oxidation sites excluding steroid dienone is 14. The van der Waals surface area contributed by atoms with E-state index in [9.17, 15) is 43.2 Å². The number of hydrogen-bond acceptors (Lipinski definition) is 15. The fraction of sp³-hybridized carbons (Fsp3) is 0.760. The zero-order valence-electron chi connectivity index (χ0n) is 59.1. The molecule has 0 fully saturated rings. The number of rotatable bonds is 69. The minimum atomic E-state index is -4.98. The minimum Gasteiger partial charge on any atom is -0.462 e. The Morgan fingerprint density at radius 1 is 0.309 bits per heavy atom. The predicted molar refractivity (Wildman–Crippen MR) is 381 cm³/mol. The van der Waals surface area contributed by atoms with Crippen molar-refractivity contribution in [3.05, 3.63) is 85.1 Å². The van der Waals surface area contributed by atoms with Crippen LogP contribution in [0.3, 0.4) is 0 Å². The Labute approximate surface area is 570 Å². The Bertz CT molecular complexity index is 2120. The van der Waals surface area contributed by atoms with Crippen LogP contribution in [-0.2, 0) is 65.4 Å². The molecule has 0 spiro atoms. The van der Waals surface area contributed by atoms with E-state index in [-0.39, 0.29) is 25.7 Å². The summed E-state index contributed by atoms with van der Waals surface area (Å²) in [5, 5.41) is 10.6. The first-order chi connectivity index (χ1) is 45.7. The molecule has 19 heteroatoms. The van der Waals surface area contributed by atoms with Gasteiger partial charge in [-0.1, -0.05) is 273 Å². The maximum absolute atomic E-state index is 13.0. The van der Waals surface area contributed by atoms with Crippen LogP contribution in [-0.4, -0.2) is 96.7 Å². The Morgan fingerprint density at radius 2 is 0.553 bits per heavy atom. The van der Waals surface area contributed by atoms with Crippen molar-refractivity contribution in [3.63, 3.8) is 0 Å². The van der Waals surface area contributed by atoms with Crippen LogP contribution in [0.5, 0.6) is 0 Å². The van der Waals surface area contributed by atoms with Crippen LogP contribution < -0.4 is 0 Å². The lowest BCUT2D eigenvalue weighted by Gasteiger charge is -2.21. The van der Waals surface area contributed by atoms with Gasteiger partial charge in [0.25, 0.3) is 0 Å². The molecule has 544 valence electrons. The second-order valence-corrected chi connectivity index (χ2v) is 27.4. The van der Waals surface area contributed by atoms with E-state index < -0.39 is 97.5 Å². The number of unbranched alkanes of at least 4 members (excludes halogenated alkanes) is 29. The number of phosphoric ester groups is 2. The fourth-order valence-corrected chi connectivity index (χ4v) is 11.4. The van der Waals surface area contributed by atoms with Crippen molar-refractivity contribution in [2.45, 2.75) is 329 Å². The molecular weight excluding hydrogens is 1230 g/mol. The average Bonchev–Trinajstić information content (AvgIpc) is 1.29. The number of hydrogen-bond donors (Lipinski definition) is 3. The van der Waals surface area contributed by atoms with Crippen LogP contribution in [0, 0.1) is 0 Å². The van der Waals surface area contributed by atoms with Crippen molar-refractivity contribution >= 4 is 39.5 Å². The van der Waals surface area contributed by atoms with Crippen LogP contribution in [0.1, 0.15) is 310 Å². The zero-order valence-corrected chi connectivity index (χ0v) is 60.9. The fourth-order valence-electron chi connectivity index (χ4n) is 9.81. The largest absolute Gasteiger partial charge is 0.472 e. The molecule has 5 unspecified atom stereocenters. The summed E-state index contributed by atoms with van der Waals surface area (Å²) in [4.78, 5) is 72.6. The predicted octanol–water partition coefficient (Wildman–Crippen LogP) is 20.7. The van der Waals surface area contributed by atoms with E-state index in [1.807, 2.05) is 0 Å². The standard InChI is InChI=1S/C75H132O17P2/c1-5-9-13-17-21-25-29-31-33-34-36-37-41-44-48-52-56-60-73(78)86-66-71(92-75(80)62-58-54-50-46-42-38-35-32-30-26-22-18-14-10-6-2)68-90-94(83,84)88-64-69(76)63-87-93(81,82)89-67-70(91-74(79)61-57-53-49-45-40-28-24-20-16-12-8-4)65-85-72(77)59-55-51-47-43-39-27-23-19-15-11-7-3/h9-10,13-14,21-22,25-26,31-33,35-37,69-71,76H,5-8,11-12,15-20,23-24,27-30,34,38-68H2,1-4H3,(H,81,82)(H,83,84)/b13-9-,14-10-,25-21-,26-22-,33-31-,35-32-,37-36-. The second-order valence-electron chi connectivity index (χ2n) is 24.5. The van der Waals surface area contributed by atoms with Gasteiger partial charge >= 0.3 is 39.5 Å². The van der Waals surface area contributed by atoms with Crippen LogP contribution in [0.25, 0.3) is 0 Å². The van der Waals surface area contributed by atoms with Gasteiger partial charge in [0.15, 0.2) is 12.2 Å². The molecule has 0 aliphatic carbocycles. The summed E-state index contributed by atoms with van der Waals surface area (Å²) in [6.45, 7) is 4.60. The molecule has 0 aliphatic rings. The number of carbonyl (C=O) groups is 4. The lowest BCUT2D eigenvalue weighted by molar-refractivity contribution is -0.161. The van der Waals surface area contributed by atoms with Gasteiger partial charge < -0.3 is 33.8 Å². The van der Waals surface area contributed by atoms with E-state index in [4.69, 9.17) is 37.0 Å². The summed E-state index contributed by atoms with van der Waals surface area (Å²) in [6, 6.07) is 0. The first-order valence-electron chi connectivity index (χ1n) is 36.8. The molecule has 94 heavy (non-hydrogen) atoms. The zero-order chi connectivity index (χ0) is 69.0. The number of ether oxygens (including phenoxy) is 4. The Kier molecular flexibility index (Phi) is 65.1. The summed E-state index contributed by atoms with van der Waals surface area (Å²) in [6.07, 6.45) is 67.3. The second kappa shape index (κ2) is 67.8. The van der Waals surface area contributed by atoms with Crippen molar-refractivity contribution in [2.75, 3.05) is 39.6 Å². The van der Waals surface area contributed by atoms with E-state index in [2.05, 4.69) is 113 Å². The smallest absolute Gasteiger partial charge is 0.462 e. The quantitative estimate of drug-likeness (QED) is 0.0169. The lowest BCUT2D eigenvalue weighted by Crippen LogP contribution is -2.30. The molecule has 0 aromatic heterocycles. The maximum Gasteiger partial charge on any atom is 0.472 e. The normalized spacial score (nSPS) is 14.5. The third kappa shape index (κ3) is 66.8. The molecule has 0 aromatic carbocycles. The van der Waals surface area contributed by atoms with Crippen molar-refractivity contribution in [3.8, 4) is 0 Å². The van der Waals surface area contributed by atoms with Crippen LogP contribution in [0.2, 0.25) is 0 Å². The molecule has 0 aliphatic heterocycles. The summed E-state index contributed by atoms with van der Waals surface area (Å²) in [7, 11) is -9.94. The van der Waals surface area contributed by atoms with Gasteiger partial charge in [-0.05, 0) is 96.3 Å². The highest BCUT2D eigenvalue weighted by Crippen LogP contribution is 2.45. The third-order valence-corrected chi connectivity index (χ3v) is 17.3. The highest BCUT2D eigenvalue weighted by molar-refractivity contribution is 7.47. The van der Waals surface area contributed by atoms with Gasteiger partial charge in [-0.25, -0.2) is 9.13 Å². The molecule has 0 saturated heterocycles. The number of phosphoric acid groups is 2. The molecule has 3 N–H and O–H groups in total. The van der Waals surface area contributed by atoms with Crippen molar-refractivity contribution in [1.29, 1.82) is 0 Å². The molecule has 17 nitrogen and oxygen atoms in total. The van der Waals surface area contributed by atoms with Gasteiger partial charge in [0.05, 0.1) is 26.4 Å². The van der Waals surface area contributed by atoms with E-state index in [0.717, 1.165) is 148 Å². The molecule has 0 saturated carbocycles.